The van der Waals surface area contributed by atoms with E-state index in [4.69, 9.17) is 9.47 Å². The highest BCUT2D eigenvalue weighted by Gasteiger charge is 2.18. The van der Waals surface area contributed by atoms with Gasteiger partial charge >= 0.3 is 5.97 Å². The normalized spacial score (nSPS) is 10.6. The Morgan fingerprint density at radius 1 is 1.24 bits per heavy atom. The molecule has 8 nitrogen and oxygen atoms in total. The van der Waals surface area contributed by atoms with Crippen molar-refractivity contribution in [3.8, 4) is 17.1 Å². The highest BCUT2D eigenvalue weighted by Crippen LogP contribution is 2.27. The standard InChI is InChI=1S/C19H20N4O4S2/c1-4-23-16(12-6-5-7-13(10-12)26-2)21-22-19(23)29-11-15(24)20-17-14(8-9-28-17)18(25)27-3/h5-10H,4,11H2,1-3H3,(H,20,24). The third-order valence-electron chi connectivity index (χ3n) is 4.02. The van der Waals surface area contributed by atoms with Crippen molar-refractivity contribution >= 4 is 40.0 Å². The minimum atomic E-state index is -0.483. The second kappa shape index (κ2) is 9.57. The molecule has 0 aliphatic carbocycles. The largest absolute Gasteiger partial charge is 0.497 e. The summed E-state index contributed by atoms with van der Waals surface area (Å²) >= 11 is 2.55. The van der Waals surface area contributed by atoms with Crippen LogP contribution in [-0.4, -0.2) is 46.6 Å². The van der Waals surface area contributed by atoms with Crippen LogP contribution in [0, 0.1) is 0 Å². The number of thiophene rings is 1. The van der Waals surface area contributed by atoms with E-state index in [1.807, 2.05) is 35.8 Å². The number of hydrogen-bond acceptors (Lipinski definition) is 8. The van der Waals surface area contributed by atoms with Gasteiger partial charge in [-0.3, -0.25) is 4.79 Å². The molecule has 2 heterocycles. The van der Waals surface area contributed by atoms with E-state index in [1.54, 1.807) is 18.6 Å². The molecular formula is C19H20N4O4S2. The monoisotopic (exact) mass is 432 g/mol. The van der Waals surface area contributed by atoms with Crippen molar-refractivity contribution in [1.82, 2.24) is 14.8 Å². The number of rotatable bonds is 8. The summed E-state index contributed by atoms with van der Waals surface area (Å²) in [5, 5.41) is 14.1. The van der Waals surface area contributed by atoms with Crippen molar-refractivity contribution in [2.24, 2.45) is 0 Å². The number of carbonyl (C=O) groups is 2. The molecule has 0 radical (unpaired) electrons. The topological polar surface area (TPSA) is 95.3 Å². The van der Waals surface area contributed by atoms with Crippen molar-refractivity contribution in [1.29, 1.82) is 0 Å². The number of nitrogens with zero attached hydrogens (tertiary/aromatic N) is 3. The van der Waals surface area contributed by atoms with Gasteiger partial charge in [0.05, 0.1) is 25.5 Å². The van der Waals surface area contributed by atoms with E-state index in [0.29, 0.717) is 28.1 Å². The van der Waals surface area contributed by atoms with Crippen LogP contribution < -0.4 is 10.1 Å². The molecule has 0 atom stereocenters. The Labute approximate surface area is 176 Å². The molecule has 1 amide bonds. The molecule has 0 bridgehead atoms. The lowest BCUT2D eigenvalue weighted by molar-refractivity contribution is -0.113. The van der Waals surface area contributed by atoms with E-state index >= 15 is 0 Å². The molecule has 0 spiro atoms. The van der Waals surface area contributed by atoms with Crippen molar-refractivity contribution in [2.45, 2.75) is 18.6 Å². The highest BCUT2D eigenvalue weighted by atomic mass is 32.2. The number of benzene rings is 1. The zero-order chi connectivity index (χ0) is 20.8. The molecule has 1 aromatic carbocycles. The molecule has 152 valence electrons. The summed E-state index contributed by atoms with van der Waals surface area (Å²) in [5.41, 5.74) is 1.23. The Kier molecular flexibility index (Phi) is 6.89. The summed E-state index contributed by atoms with van der Waals surface area (Å²) in [5.74, 6) is 0.855. The van der Waals surface area contributed by atoms with Gasteiger partial charge in [0.25, 0.3) is 0 Å². The number of hydrogen-bond donors (Lipinski definition) is 1. The number of carbonyl (C=O) groups excluding carboxylic acids is 2. The molecule has 1 N–H and O–H groups in total. The maximum absolute atomic E-state index is 12.4. The predicted molar refractivity (Wildman–Crippen MR) is 113 cm³/mol. The Morgan fingerprint density at radius 3 is 2.79 bits per heavy atom. The number of nitrogens with one attached hydrogen (secondary N) is 1. The van der Waals surface area contributed by atoms with E-state index in [-0.39, 0.29) is 11.7 Å². The first-order chi connectivity index (χ1) is 14.1. The summed E-state index contributed by atoms with van der Waals surface area (Å²) in [6.07, 6.45) is 0. The van der Waals surface area contributed by atoms with E-state index in [2.05, 4.69) is 15.5 Å². The van der Waals surface area contributed by atoms with Gasteiger partial charge in [-0.15, -0.1) is 21.5 Å². The Balaban J connectivity index is 1.70. The molecule has 3 aromatic rings. The maximum atomic E-state index is 12.4. The van der Waals surface area contributed by atoms with Gasteiger partial charge in [-0.2, -0.15) is 0 Å². The first-order valence-electron chi connectivity index (χ1n) is 8.73. The minimum absolute atomic E-state index is 0.134. The number of thioether (sulfide) groups is 1. The molecule has 0 saturated carbocycles. The van der Waals surface area contributed by atoms with Crippen LogP contribution in [0.25, 0.3) is 11.4 Å². The van der Waals surface area contributed by atoms with Crippen LogP contribution in [0.3, 0.4) is 0 Å². The summed E-state index contributed by atoms with van der Waals surface area (Å²) < 4.78 is 11.9. The molecule has 2 aromatic heterocycles. The zero-order valence-electron chi connectivity index (χ0n) is 16.2. The minimum Gasteiger partial charge on any atom is -0.497 e. The molecule has 29 heavy (non-hydrogen) atoms. The summed E-state index contributed by atoms with van der Waals surface area (Å²) in [6.45, 7) is 2.65. The second-order valence-electron chi connectivity index (χ2n) is 5.77. The third-order valence-corrected chi connectivity index (χ3v) is 5.81. The van der Waals surface area contributed by atoms with Gasteiger partial charge in [0, 0.05) is 12.1 Å². The molecule has 0 saturated heterocycles. The molecule has 3 rings (SSSR count). The van der Waals surface area contributed by atoms with Crippen LogP contribution in [0.1, 0.15) is 17.3 Å². The lowest BCUT2D eigenvalue weighted by Crippen LogP contribution is -2.16. The maximum Gasteiger partial charge on any atom is 0.340 e. The summed E-state index contributed by atoms with van der Waals surface area (Å²) in [6, 6.07) is 9.20. The van der Waals surface area contributed by atoms with Crippen LogP contribution >= 0.6 is 23.1 Å². The van der Waals surface area contributed by atoms with Gasteiger partial charge in [0.2, 0.25) is 5.91 Å². The molecule has 10 heteroatoms. The van der Waals surface area contributed by atoms with Crippen LogP contribution in [-0.2, 0) is 16.1 Å². The number of esters is 1. The molecule has 0 fully saturated rings. The summed E-state index contributed by atoms with van der Waals surface area (Å²) in [7, 11) is 2.92. The van der Waals surface area contributed by atoms with Crippen molar-refractivity contribution in [3.63, 3.8) is 0 Å². The SMILES string of the molecule is CCn1c(SCC(=O)Nc2sccc2C(=O)OC)nnc1-c1cccc(OC)c1. The lowest BCUT2D eigenvalue weighted by Gasteiger charge is -2.08. The van der Waals surface area contributed by atoms with Gasteiger partial charge in [-0.1, -0.05) is 23.9 Å². The van der Waals surface area contributed by atoms with Crippen LogP contribution in [0.4, 0.5) is 5.00 Å². The average molecular weight is 433 g/mol. The van der Waals surface area contributed by atoms with Crippen LogP contribution in [0.5, 0.6) is 5.75 Å². The molecule has 0 unspecified atom stereocenters. The first-order valence-corrected chi connectivity index (χ1v) is 10.6. The van der Waals surface area contributed by atoms with E-state index in [0.717, 1.165) is 11.3 Å². The fourth-order valence-electron chi connectivity index (χ4n) is 2.63. The number of anilines is 1. The zero-order valence-corrected chi connectivity index (χ0v) is 17.8. The average Bonchev–Trinajstić information content (AvgIpc) is 3.38. The molecular weight excluding hydrogens is 412 g/mol. The van der Waals surface area contributed by atoms with E-state index < -0.39 is 5.97 Å². The number of methoxy groups -OCH3 is 2. The Morgan fingerprint density at radius 2 is 2.07 bits per heavy atom. The predicted octanol–water partition coefficient (Wildman–Crippen LogP) is 3.55. The van der Waals surface area contributed by atoms with Crippen molar-refractivity contribution < 1.29 is 19.1 Å². The fraction of sp³-hybridized carbons (Fsp3) is 0.263. The fourth-order valence-corrected chi connectivity index (χ4v) is 4.22. The molecule has 0 aliphatic heterocycles. The smallest absolute Gasteiger partial charge is 0.340 e. The van der Waals surface area contributed by atoms with Gasteiger partial charge in [0.15, 0.2) is 11.0 Å². The second-order valence-corrected chi connectivity index (χ2v) is 7.63. The van der Waals surface area contributed by atoms with Gasteiger partial charge in [0.1, 0.15) is 10.8 Å². The molecule has 0 aliphatic rings. The first kappa shape index (κ1) is 20.9. The van der Waals surface area contributed by atoms with E-state index in [1.165, 1.54) is 30.2 Å². The quantitative estimate of drug-likeness (QED) is 0.430. The number of ether oxygens (including phenoxy) is 2. The Bertz CT molecular complexity index is 1020. The van der Waals surface area contributed by atoms with Gasteiger partial charge in [-0.05, 0) is 30.5 Å². The Hall–Kier alpha value is -2.85. The number of amides is 1. The number of aromatic nitrogens is 3. The van der Waals surface area contributed by atoms with Crippen molar-refractivity contribution in [3.05, 3.63) is 41.3 Å². The van der Waals surface area contributed by atoms with Gasteiger partial charge in [-0.25, -0.2) is 4.79 Å². The van der Waals surface area contributed by atoms with E-state index in [9.17, 15) is 9.59 Å². The van der Waals surface area contributed by atoms with Crippen LogP contribution in [0.2, 0.25) is 0 Å². The van der Waals surface area contributed by atoms with Crippen LogP contribution in [0.15, 0.2) is 40.9 Å². The third kappa shape index (κ3) is 4.77. The summed E-state index contributed by atoms with van der Waals surface area (Å²) in [4.78, 5) is 24.1. The van der Waals surface area contributed by atoms with Gasteiger partial charge < -0.3 is 19.4 Å². The van der Waals surface area contributed by atoms with Crippen molar-refractivity contribution in [2.75, 3.05) is 25.3 Å². The lowest BCUT2D eigenvalue weighted by atomic mass is 10.2. The highest BCUT2D eigenvalue weighted by molar-refractivity contribution is 7.99.